The number of anilines is 2. The molecule has 1 atom stereocenters. The lowest BCUT2D eigenvalue weighted by atomic mass is 10.0. The number of aromatic carboxylic acids is 1. The number of carboxylic acid groups (broad SMARTS) is 1. The fraction of sp³-hybridized carbons (Fsp3) is 0.353. The van der Waals surface area contributed by atoms with Crippen molar-refractivity contribution < 1.29 is 14.7 Å². The molecule has 6 nitrogen and oxygen atoms in total. The van der Waals surface area contributed by atoms with Gasteiger partial charge in [-0.1, -0.05) is 0 Å². The fourth-order valence-corrected chi connectivity index (χ4v) is 3.68. The number of nitrogens with one attached hydrogen (secondary N) is 1. The van der Waals surface area contributed by atoms with Crippen LogP contribution in [0.5, 0.6) is 0 Å². The predicted molar refractivity (Wildman–Crippen MR) is 94.1 cm³/mol. The summed E-state index contributed by atoms with van der Waals surface area (Å²) in [7, 11) is 0. The topological polar surface area (TPSA) is 82.5 Å². The van der Waals surface area contributed by atoms with Crippen molar-refractivity contribution >= 4 is 34.0 Å². The molecule has 0 radical (unpaired) electrons. The number of nitrogens with zero attached hydrogens (tertiary/aromatic N) is 2. The molecule has 0 bridgehead atoms. The van der Waals surface area contributed by atoms with Crippen LogP contribution in [0.3, 0.4) is 0 Å². The van der Waals surface area contributed by atoms with Crippen LogP contribution in [0.15, 0.2) is 29.8 Å². The van der Waals surface area contributed by atoms with E-state index in [1.807, 2.05) is 0 Å². The number of hydrogen-bond acceptors (Lipinski definition) is 5. The number of pyridine rings is 1. The maximum absolute atomic E-state index is 12.5. The maximum Gasteiger partial charge on any atom is 0.338 e. The Balaban J connectivity index is 1.79. The van der Waals surface area contributed by atoms with Gasteiger partial charge in [-0.3, -0.25) is 4.79 Å². The molecule has 1 amide bonds. The van der Waals surface area contributed by atoms with Gasteiger partial charge >= 0.3 is 5.97 Å². The minimum Gasteiger partial charge on any atom is -0.478 e. The normalized spacial score (nSPS) is 17.5. The van der Waals surface area contributed by atoms with E-state index in [2.05, 4.69) is 22.1 Å². The molecule has 24 heavy (non-hydrogen) atoms. The molecule has 7 heteroatoms. The minimum absolute atomic E-state index is 0.104. The Morgan fingerprint density at radius 2 is 2.21 bits per heavy atom. The lowest BCUT2D eigenvalue weighted by Gasteiger charge is -2.34. The van der Waals surface area contributed by atoms with Crippen molar-refractivity contribution in [2.45, 2.75) is 32.2 Å². The molecule has 3 heterocycles. The van der Waals surface area contributed by atoms with Gasteiger partial charge in [0.05, 0.1) is 5.56 Å². The third kappa shape index (κ3) is 3.41. The van der Waals surface area contributed by atoms with Crippen molar-refractivity contribution in [2.75, 3.05) is 16.8 Å². The molecular weight excluding hydrogens is 326 g/mol. The van der Waals surface area contributed by atoms with Crippen LogP contribution in [-0.2, 0) is 0 Å². The Labute approximate surface area is 144 Å². The molecule has 1 saturated heterocycles. The highest BCUT2D eigenvalue weighted by Crippen LogP contribution is 2.26. The number of carbonyl (C=O) groups excluding carboxylic acids is 1. The van der Waals surface area contributed by atoms with Crippen molar-refractivity contribution in [3.8, 4) is 0 Å². The summed E-state index contributed by atoms with van der Waals surface area (Å²) in [4.78, 5) is 30.2. The third-order valence-corrected chi connectivity index (χ3v) is 5.06. The summed E-state index contributed by atoms with van der Waals surface area (Å²) in [5.41, 5.74) is 0.579. The maximum atomic E-state index is 12.5. The molecule has 126 valence electrons. The molecule has 2 aromatic heterocycles. The summed E-state index contributed by atoms with van der Waals surface area (Å²) in [6, 6.07) is 5.29. The van der Waals surface area contributed by atoms with Gasteiger partial charge in [0, 0.05) is 24.3 Å². The van der Waals surface area contributed by atoms with Crippen LogP contribution in [0, 0.1) is 0 Å². The number of amides is 1. The van der Waals surface area contributed by atoms with Gasteiger partial charge in [-0.15, -0.1) is 11.3 Å². The van der Waals surface area contributed by atoms with Gasteiger partial charge in [0.15, 0.2) is 0 Å². The molecule has 0 saturated carbocycles. The van der Waals surface area contributed by atoms with Crippen LogP contribution >= 0.6 is 11.3 Å². The van der Waals surface area contributed by atoms with E-state index in [0.717, 1.165) is 25.2 Å². The second kappa shape index (κ2) is 7.00. The zero-order valence-corrected chi connectivity index (χ0v) is 14.2. The standard InChI is InChI=1S/C17H19N3O3S/c1-11-4-2-3-8-20(11)14-10-12(5-7-18-14)15(21)19-16-13(17(22)23)6-9-24-16/h5-7,9-11H,2-4,8H2,1H3,(H,19,21)(H,22,23). The number of carbonyl (C=O) groups is 2. The van der Waals surface area contributed by atoms with E-state index in [9.17, 15) is 9.59 Å². The quantitative estimate of drug-likeness (QED) is 0.886. The molecule has 1 fully saturated rings. The lowest BCUT2D eigenvalue weighted by molar-refractivity contribution is 0.0698. The second-order valence-corrected chi connectivity index (χ2v) is 6.78. The van der Waals surface area contributed by atoms with Crippen molar-refractivity contribution in [3.05, 3.63) is 40.9 Å². The van der Waals surface area contributed by atoms with Crippen LogP contribution in [0.4, 0.5) is 10.8 Å². The number of piperidine rings is 1. The lowest BCUT2D eigenvalue weighted by Crippen LogP contribution is -2.38. The van der Waals surface area contributed by atoms with E-state index in [1.165, 1.54) is 23.8 Å². The molecule has 2 N–H and O–H groups in total. The van der Waals surface area contributed by atoms with Gasteiger partial charge in [0.25, 0.3) is 5.91 Å². The highest BCUT2D eigenvalue weighted by molar-refractivity contribution is 7.14. The summed E-state index contributed by atoms with van der Waals surface area (Å²) < 4.78 is 0. The van der Waals surface area contributed by atoms with Crippen molar-refractivity contribution in [3.63, 3.8) is 0 Å². The van der Waals surface area contributed by atoms with Crippen molar-refractivity contribution in [2.24, 2.45) is 0 Å². The Kier molecular flexibility index (Phi) is 4.80. The van der Waals surface area contributed by atoms with E-state index in [-0.39, 0.29) is 11.5 Å². The first-order valence-corrected chi connectivity index (χ1v) is 8.79. The molecule has 3 rings (SSSR count). The van der Waals surface area contributed by atoms with E-state index in [1.54, 1.807) is 23.7 Å². The summed E-state index contributed by atoms with van der Waals surface area (Å²) in [5.74, 6) is -0.586. The molecular formula is C17H19N3O3S. The first-order valence-electron chi connectivity index (χ1n) is 7.91. The van der Waals surface area contributed by atoms with Crippen molar-refractivity contribution in [1.82, 2.24) is 4.98 Å². The van der Waals surface area contributed by atoms with E-state index in [0.29, 0.717) is 16.6 Å². The Morgan fingerprint density at radius 3 is 2.96 bits per heavy atom. The molecule has 0 spiro atoms. The van der Waals surface area contributed by atoms with Crippen LogP contribution in [0.1, 0.15) is 46.9 Å². The average molecular weight is 345 g/mol. The summed E-state index contributed by atoms with van der Waals surface area (Å²) in [6.07, 6.45) is 5.08. The highest BCUT2D eigenvalue weighted by atomic mass is 32.1. The number of thiophene rings is 1. The number of hydrogen-bond donors (Lipinski definition) is 2. The van der Waals surface area contributed by atoms with Crippen molar-refractivity contribution in [1.29, 1.82) is 0 Å². The van der Waals surface area contributed by atoms with E-state index in [4.69, 9.17) is 5.11 Å². The molecule has 1 unspecified atom stereocenters. The zero-order valence-electron chi connectivity index (χ0n) is 13.4. The van der Waals surface area contributed by atoms with Gasteiger partial charge in [-0.05, 0) is 49.8 Å². The van der Waals surface area contributed by atoms with Gasteiger partial charge < -0.3 is 15.3 Å². The summed E-state index contributed by atoms with van der Waals surface area (Å²) in [6.45, 7) is 3.10. The largest absolute Gasteiger partial charge is 0.478 e. The molecule has 0 aliphatic carbocycles. The SMILES string of the molecule is CC1CCCCN1c1cc(C(=O)Nc2sccc2C(=O)O)ccn1. The average Bonchev–Trinajstić information content (AvgIpc) is 3.04. The van der Waals surface area contributed by atoms with Crippen LogP contribution in [0.2, 0.25) is 0 Å². The zero-order chi connectivity index (χ0) is 17.1. The summed E-state index contributed by atoms with van der Waals surface area (Å²) >= 11 is 1.19. The Hall–Kier alpha value is -2.41. The number of rotatable bonds is 4. The van der Waals surface area contributed by atoms with Gasteiger partial charge in [-0.2, -0.15) is 0 Å². The molecule has 1 aliphatic heterocycles. The van der Waals surface area contributed by atoms with Gasteiger partial charge in [-0.25, -0.2) is 9.78 Å². The Morgan fingerprint density at radius 1 is 1.38 bits per heavy atom. The molecule has 1 aliphatic rings. The monoisotopic (exact) mass is 345 g/mol. The first-order chi connectivity index (χ1) is 11.6. The van der Waals surface area contributed by atoms with Crippen LogP contribution < -0.4 is 10.2 Å². The van der Waals surface area contributed by atoms with Crippen LogP contribution in [0.25, 0.3) is 0 Å². The summed E-state index contributed by atoms with van der Waals surface area (Å²) in [5, 5.41) is 13.8. The molecule has 0 aromatic carbocycles. The van der Waals surface area contributed by atoms with Gasteiger partial charge in [0.2, 0.25) is 0 Å². The fourth-order valence-electron chi connectivity index (χ4n) is 2.90. The minimum atomic E-state index is -1.05. The smallest absolute Gasteiger partial charge is 0.338 e. The van der Waals surface area contributed by atoms with E-state index >= 15 is 0 Å². The first kappa shape index (κ1) is 16.4. The van der Waals surface area contributed by atoms with E-state index < -0.39 is 5.97 Å². The van der Waals surface area contributed by atoms with Crippen LogP contribution in [-0.4, -0.2) is 34.6 Å². The van der Waals surface area contributed by atoms with Gasteiger partial charge in [0.1, 0.15) is 10.8 Å². The molecule has 2 aromatic rings. The highest BCUT2D eigenvalue weighted by Gasteiger charge is 2.21. The third-order valence-electron chi connectivity index (χ3n) is 4.23. The number of carboxylic acids is 1. The number of aromatic nitrogens is 1. The Bertz CT molecular complexity index is 759. The predicted octanol–water partition coefficient (Wildman–Crippen LogP) is 3.47. The second-order valence-electron chi connectivity index (χ2n) is 5.86.